The van der Waals surface area contributed by atoms with Crippen molar-refractivity contribution in [3.8, 4) is 0 Å². The average Bonchev–Trinajstić information content (AvgIpc) is 2.82. The Morgan fingerprint density at radius 1 is 1.38 bits per heavy atom. The minimum atomic E-state index is -0.846. The predicted octanol–water partition coefficient (Wildman–Crippen LogP) is 0.376. The van der Waals surface area contributed by atoms with Crippen molar-refractivity contribution in [2.24, 2.45) is 11.8 Å². The Bertz CT molecular complexity index is 270. The zero-order chi connectivity index (χ0) is 9.64. The molecule has 0 aromatic heterocycles. The number of nitrogens with one attached hydrogen (secondary N) is 1. The van der Waals surface area contributed by atoms with E-state index in [2.05, 4.69) is 5.32 Å². The molecule has 72 valence electrons. The Kier molecular flexibility index (Phi) is 1.62. The summed E-state index contributed by atoms with van der Waals surface area (Å²) in [6, 6.07) is 0. The van der Waals surface area contributed by atoms with Crippen molar-refractivity contribution in [3.05, 3.63) is 0 Å². The van der Waals surface area contributed by atoms with Gasteiger partial charge in [-0.2, -0.15) is 0 Å². The van der Waals surface area contributed by atoms with E-state index in [4.69, 9.17) is 5.11 Å². The molecule has 4 heteroatoms. The topological polar surface area (TPSA) is 66.4 Å². The van der Waals surface area contributed by atoms with Crippen LogP contribution in [0.25, 0.3) is 0 Å². The summed E-state index contributed by atoms with van der Waals surface area (Å²) in [6.07, 6.45) is 2.55. The fourth-order valence-electron chi connectivity index (χ4n) is 1.46. The van der Waals surface area contributed by atoms with Crippen LogP contribution < -0.4 is 5.32 Å². The van der Waals surface area contributed by atoms with Crippen LogP contribution in [0.1, 0.15) is 26.2 Å². The minimum Gasteiger partial charge on any atom is -0.481 e. The van der Waals surface area contributed by atoms with E-state index in [1.165, 1.54) is 0 Å². The zero-order valence-electron chi connectivity index (χ0n) is 7.54. The second-order valence-electron chi connectivity index (χ2n) is 4.34. The van der Waals surface area contributed by atoms with Crippen LogP contribution in [0, 0.1) is 11.8 Å². The molecule has 0 spiro atoms. The third kappa shape index (κ3) is 1.66. The Balaban J connectivity index is 1.83. The Labute approximate surface area is 76.3 Å². The van der Waals surface area contributed by atoms with Gasteiger partial charge in [-0.05, 0) is 26.2 Å². The maximum Gasteiger partial charge on any atom is 0.307 e. The van der Waals surface area contributed by atoms with Crippen LogP contribution in [-0.2, 0) is 9.59 Å². The molecule has 0 aromatic carbocycles. The second-order valence-corrected chi connectivity index (χ2v) is 4.34. The van der Waals surface area contributed by atoms with Gasteiger partial charge >= 0.3 is 5.97 Å². The van der Waals surface area contributed by atoms with Crippen LogP contribution >= 0.6 is 0 Å². The van der Waals surface area contributed by atoms with Crippen LogP contribution in [0.4, 0.5) is 0 Å². The maximum absolute atomic E-state index is 11.4. The lowest BCUT2D eigenvalue weighted by atomic mass is 10.2. The standard InChI is InChI=1S/C9H13NO3/c1-9(2-3-9)10-7(11)5-4-6(5)8(12)13/h5-6H,2-4H2,1H3,(H,10,11)(H,12,13). The van der Waals surface area contributed by atoms with Gasteiger partial charge in [-0.1, -0.05) is 0 Å². The number of hydrogen-bond acceptors (Lipinski definition) is 2. The van der Waals surface area contributed by atoms with Crippen LogP contribution in [0.3, 0.4) is 0 Å². The molecule has 0 saturated heterocycles. The van der Waals surface area contributed by atoms with Crippen LogP contribution in [-0.4, -0.2) is 22.5 Å². The second kappa shape index (κ2) is 2.47. The molecule has 0 heterocycles. The number of carbonyl (C=O) groups is 2. The normalized spacial score (nSPS) is 33.6. The van der Waals surface area contributed by atoms with Crippen LogP contribution in [0.5, 0.6) is 0 Å². The van der Waals surface area contributed by atoms with E-state index < -0.39 is 11.9 Å². The molecule has 2 rings (SSSR count). The van der Waals surface area contributed by atoms with Gasteiger partial charge < -0.3 is 10.4 Å². The highest BCUT2D eigenvalue weighted by molar-refractivity contribution is 5.90. The Morgan fingerprint density at radius 3 is 2.38 bits per heavy atom. The first-order valence-electron chi connectivity index (χ1n) is 4.57. The molecule has 2 aliphatic carbocycles. The van der Waals surface area contributed by atoms with E-state index in [0.717, 1.165) is 12.8 Å². The molecule has 2 unspecified atom stereocenters. The van der Waals surface area contributed by atoms with Crippen LogP contribution in [0.15, 0.2) is 0 Å². The number of aliphatic carboxylic acids is 1. The van der Waals surface area contributed by atoms with Gasteiger partial charge in [0, 0.05) is 5.54 Å². The summed E-state index contributed by atoms with van der Waals surface area (Å²) in [5.41, 5.74) is -0.0251. The summed E-state index contributed by atoms with van der Waals surface area (Å²) in [6.45, 7) is 1.99. The fraction of sp³-hybridized carbons (Fsp3) is 0.778. The number of carboxylic acid groups (broad SMARTS) is 1. The summed E-state index contributed by atoms with van der Waals surface area (Å²) >= 11 is 0. The largest absolute Gasteiger partial charge is 0.481 e. The first-order valence-corrected chi connectivity index (χ1v) is 4.57. The molecule has 0 radical (unpaired) electrons. The van der Waals surface area contributed by atoms with Gasteiger partial charge in [-0.15, -0.1) is 0 Å². The molecule has 0 bridgehead atoms. The lowest BCUT2D eigenvalue weighted by Gasteiger charge is -2.10. The van der Waals surface area contributed by atoms with Gasteiger partial charge in [0.1, 0.15) is 0 Å². The van der Waals surface area contributed by atoms with Gasteiger partial charge in [0.25, 0.3) is 0 Å². The maximum atomic E-state index is 11.4. The molecule has 4 nitrogen and oxygen atoms in total. The minimum absolute atomic E-state index is 0.0251. The van der Waals surface area contributed by atoms with Crippen molar-refractivity contribution >= 4 is 11.9 Å². The molecular formula is C9H13NO3. The Morgan fingerprint density at radius 2 is 2.00 bits per heavy atom. The highest BCUT2D eigenvalue weighted by atomic mass is 16.4. The number of rotatable bonds is 3. The first-order chi connectivity index (χ1) is 6.02. The van der Waals surface area contributed by atoms with Crippen molar-refractivity contribution < 1.29 is 14.7 Å². The quantitative estimate of drug-likeness (QED) is 0.664. The highest BCUT2D eigenvalue weighted by Crippen LogP contribution is 2.41. The number of amides is 1. The molecule has 2 fully saturated rings. The molecule has 0 aliphatic heterocycles. The van der Waals surface area contributed by atoms with E-state index in [9.17, 15) is 9.59 Å². The smallest absolute Gasteiger partial charge is 0.307 e. The molecule has 0 aromatic rings. The highest BCUT2D eigenvalue weighted by Gasteiger charge is 2.51. The van der Waals surface area contributed by atoms with E-state index in [1.807, 2.05) is 6.92 Å². The Hall–Kier alpha value is -1.06. The molecule has 2 N–H and O–H groups in total. The van der Waals surface area contributed by atoms with Crippen molar-refractivity contribution in [2.75, 3.05) is 0 Å². The summed E-state index contributed by atoms with van der Waals surface area (Å²) in [4.78, 5) is 21.9. The van der Waals surface area contributed by atoms with Gasteiger partial charge in [-0.3, -0.25) is 9.59 Å². The summed E-state index contributed by atoms with van der Waals surface area (Å²) in [7, 11) is 0. The van der Waals surface area contributed by atoms with E-state index >= 15 is 0 Å². The van der Waals surface area contributed by atoms with E-state index in [-0.39, 0.29) is 17.4 Å². The molecule has 2 aliphatic rings. The summed E-state index contributed by atoms with van der Waals surface area (Å²) in [5, 5.41) is 11.5. The molecule has 1 amide bonds. The van der Waals surface area contributed by atoms with Crippen LogP contribution in [0.2, 0.25) is 0 Å². The van der Waals surface area contributed by atoms with Gasteiger partial charge in [0.15, 0.2) is 0 Å². The van der Waals surface area contributed by atoms with Crippen molar-refractivity contribution in [2.45, 2.75) is 31.7 Å². The van der Waals surface area contributed by atoms with E-state index in [0.29, 0.717) is 6.42 Å². The van der Waals surface area contributed by atoms with Crippen molar-refractivity contribution in [1.82, 2.24) is 5.32 Å². The molecule has 2 saturated carbocycles. The fourth-order valence-corrected chi connectivity index (χ4v) is 1.46. The van der Waals surface area contributed by atoms with Crippen molar-refractivity contribution in [1.29, 1.82) is 0 Å². The number of hydrogen-bond donors (Lipinski definition) is 2. The third-order valence-corrected chi connectivity index (χ3v) is 2.87. The zero-order valence-corrected chi connectivity index (χ0v) is 7.54. The number of carboxylic acids is 1. The SMILES string of the molecule is CC1(NC(=O)C2CC2C(=O)O)CC1. The monoisotopic (exact) mass is 183 g/mol. The molecular weight excluding hydrogens is 170 g/mol. The predicted molar refractivity (Wildman–Crippen MR) is 45.0 cm³/mol. The third-order valence-electron chi connectivity index (χ3n) is 2.87. The van der Waals surface area contributed by atoms with Gasteiger partial charge in [-0.25, -0.2) is 0 Å². The summed E-state index contributed by atoms with van der Waals surface area (Å²) in [5.74, 6) is -1.62. The average molecular weight is 183 g/mol. The molecule has 2 atom stereocenters. The molecule has 13 heavy (non-hydrogen) atoms. The summed E-state index contributed by atoms with van der Waals surface area (Å²) < 4.78 is 0. The van der Waals surface area contributed by atoms with Gasteiger partial charge in [0.05, 0.1) is 11.8 Å². The lowest BCUT2D eigenvalue weighted by molar-refractivity contribution is -0.140. The van der Waals surface area contributed by atoms with Gasteiger partial charge in [0.2, 0.25) is 5.91 Å². The first kappa shape index (κ1) is 8.53. The van der Waals surface area contributed by atoms with E-state index in [1.54, 1.807) is 0 Å². The number of carbonyl (C=O) groups excluding carboxylic acids is 1. The van der Waals surface area contributed by atoms with Crippen molar-refractivity contribution in [3.63, 3.8) is 0 Å². The lowest BCUT2D eigenvalue weighted by Crippen LogP contribution is -2.36.